The van der Waals surface area contributed by atoms with Crippen LogP contribution in [0.4, 0.5) is 0 Å². The second-order valence-corrected chi connectivity index (χ2v) is 8.08. The van der Waals surface area contributed by atoms with Crippen LogP contribution in [0.5, 0.6) is 0 Å². The molecule has 1 N–H and O–H groups in total. The first kappa shape index (κ1) is 19.6. The SMILES string of the molecule is N#Cc1cc2n(n1)CCCN(CC1(O)CCCN(CCc3ccccc3)C1=O)C2. The maximum Gasteiger partial charge on any atom is 0.255 e. The van der Waals surface area contributed by atoms with E-state index in [1.165, 1.54) is 5.56 Å². The summed E-state index contributed by atoms with van der Waals surface area (Å²) >= 11 is 0. The third-order valence-electron chi connectivity index (χ3n) is 5.91. The number of hydrogen-bond donors (Lipinski definition) is 1. The van der Waals surface area contributed by atoms with Crippen LogP contribution < -0.4 is 0 Å². The van der Waals surface area contributed by atoms with Crippen LogP contribution in [-0.2, 0) is 24.3 Å². The maximum absolute atomic E-state index is 13.1. The highest BCUT2D eigenvalue weighted by Crippen LogP contribution is 2.26. The first-order valence-electron chi connectivity index (χ1n) is 10.3. The number of aryl methyl sites for hydroxylation is 1. The standard InChI is InChI=1S/C22H27N5O2/c23-15-19-14-20-16-25(10-5-12-27(20)24-19)17-22(29)9-4-11-26(21(22)28)13-8-18-6-2-1-3-7-18/h1-3,6-7,14,29H,4-5,8-13,16-17H2. The Bertz CT molecular complexity index is 904. The van der Waals surface area contributed by atoms with E-state index in [0.717, 1.165) is 38.0 Å². The van der Waals surface area contributed by atoms with E-state index in [2.05, 4.69) is 28.2 Å². The Kier molecular flexibility index (Phi) is 5.65. The lowest BCUT2D eigenvalue weighted by atomic mass is 9.90. The van der Waals surface area contributed by atoms with Gasteiger partial charge in [0.05, 0.1) is 5.69 Å². The van der Waals surface area contributed by atoms with Gasteiger partial charge < -0.3 is 10.0 Å². The van der Waals surface area contributed by atoms with Crippen LogP contribution in [0, 0.1) is 11.3 Å². The molecule has 29 heavy (non-hydrogen) atoms. The van der Waals surface area contributed by atoms with E-state index in [9.17, 15) is 9.90 Å². The number of aliphatic hydroxyl groups is 1. The van der Waals surface area contributed by atoms with E-state index < -0.39 is 5.60 Å². The van der Waals surface area contributed by atoms with Crippen molar-refractivity contribution in [2.45, 2.75) is 44.4 Å². The Morgan fingerprint density at radius 1 is 1.17 bits per heavy atom. The van der Waals surface area contributed by atoms with Crippen LogP contribution in [0.1, 0.15) is 36.2 Å². The third kappa shape index (κ3) is 4.34. The maximum atomic E-state index is 13.1. The van der Waals surface area contributed by atoms with E-state index in [-0.39, 0.29) is 5.91 Å². The van der Waals surface area contributed by atoms with Crippen molar-refractivity contribution in [1.82, 2.24) is 19.6 Å². The zero-order valence-electron chi connectivity index (χ0n) is 16.6. The smallest absolute Gasteiger partial charge is 0.255 e. The van der Waals surface area contributed by atoms with Crippen LogP contribution in [0.2, 0.25) is 0 Å². The highest BCUT2D eigenvalue weighted by molar-refractivity contribution is 5.86. The van der Waals surface area contributed by atoms with Crippen molar-refractivity contribution in [1.29, 1.82) is 5.26 Å². The second kappa shape index (κ2) is 8.36. The number of piperidine rings is 1. The molecule has 2 aromatic rings. The van der Waals surface area contributed by atoms with Crippen LogP contribution >= 0.6 is 0 Å². The lowest BCUT2D eigenvalue weighted by molar-refractivity contribution is -0.159. The van der Waals surface area contributed by atoms with Gasteiger partial charge in [0.1, 0.15) is 6.07 Å². The van der Waals surface area contributed by atoms with Gasteiger partial charge >= 0.3 is 0 Å². The Labute approximate surface area is 171 Å². The minimum Gasteiger partial charge on any atom is -0.379 e. The van der Waals surface area contributed by atoms with Gasteiger partial charge in [0.15, 0.2) is 11.3 Å². The van der Waals surface area contributed by atoms with Crippen molar-refractivity contribution in [2.75, 3.05) is 26.2 Å². The van der Waals surface area contributed by atoms with Crippen LogP contribution in [0.3, 0.4) is 0 Å². The van der Waals surface area contributed by atoms with E-state index >= 15 is 0 Å². The number of hydrogen-bond acceptors (Lipinski definition) is 5. The van der Waals surface area contributed by atoms with Gasteiger partial charge in [-0.05, 0) is 37.3 Å². The average molecular weight is 393 g/mol. The van der Waals surface area contributed by atoms with Crippen molar-refractivity contribution in [3.8, 4) is 6.07 Å². The number of nitriles is 1. The molecule has 0 radical (unpaired) electrons. The van der Waals surface area contributed by atoms with E-state index in [1.54, 1.807) is 6.07 Å². The summed E-state index contributed by atoms with van der Waals surface area (Å²) in [4.78, 5) is 17.0. The van der Waals surface area contributed by atoms with Crippen molar-refractivity contribution in [3.05, 3.63) is 53.3 Å². The number of β-amino-alcohol motifs (C(OH)–C–C–N with tert-alkyl or cyclic N) is 1. The highest BCUT2D eigenvalue weighted by Gasteiger charge is 2.43. The molecule has 0 saturated carbocycles. The molecular weight excluding hydrogens is 366 g/mol. The zero-order valence-corrected chi connectivity index (χ0v) is 16.6. The van der Waals surface area contributed by atoms with Crippen LogP contribution in [0.15, 0.2) is 36.4 Å². The number of carbonyl (C=O) groups is 1. The molecule has 1 fully saturated rings. The quantitative estimate of drug-likeness (QED) is 0.833. The predicted octanol–water partition coefficient (Wildman–Crippen LogP) is 1.56. The summed E-state index contributed by atoms with van der Waals surface area (Å²) in [5.41, 5.74) is 1.24. The Balaban J connectivity index is 1.41. The van der Waals surface area contributed by atoms with E-state index in [1.807, 2.05) is 27.8 Å². The summed E-state index contributed by atoms with van der Waals surface area (Å²) < 4.78 is 1.87. The van der Waals surface area contributed by atoms with Gasteiger partial charge in [-0.25, -0.2) is 0 Å². The second-order valence-electron chi connectivity index (χ2n) is 8.08. The zero-order chi connectivity index (χ0) is 20.3. The van der Waals surface area contributed by atoms with Gasteiger partial charge in [-0.1, -0.05) is 30.3 Å². The Morgan fingerprint density at radius 3 is 2.79 bits per heavy atom. The number of nitrogens with zero attached hydrogens (tertiary/aromatic N) is 5. The first-order chi connectivity index (χ1) is 14.1. The fraction of sp³-hybridized carbons (Fsp3) is 0.500. The molecule has 3 heterocycles. The molecular formula is C22H27N5O2. The third-order valence-corrected chi connectivity index (χ3v) is 5.91. The lowest BCUT2D eigenvalue weighted by Crippen LogP contribution is -2.58. The summed E-state index contributed by atoms with van der Waals surface area (Å²) in [6.07, 6.45) is 2.97. The molecule has 0 spiro atoms. The average Bonchev–Trinajstić information content (AvgIpc) is 3.02. The monoisotopic (exact) mass is 393 g/mol. The summed E-state index contributed by atoms with van der Waals surface area (Å²) in [6.45, 7) is 3.79. The summed E-state index contributed by atoms with van der Waals surface area (Å²) in [7, 11) is 0. The first-order valence-corrected chi connectivity index (χ1v) is 10.3. The molecule has 152 valence electrons. The van der Waals surface area contributed by atoms with Gasteiger partial charge in [-0.15, -0.1) is 0 Å². The molecule has 0 bridgehead atoms. The number of amides is 1. The molecule has 1 unspecified atom stereocenters. The number of benzene rings is 1. The molecule has 1 aromatic carbocycles. The number of rotatable bonds is 5. The molecule has 7 heteroatoms. The Hall–Kier alpha value is -2.69. The van der Waals surface area contributed by atoms with E-state index in [4.69, 9.17) is 5.26 Å². The highest BCUT2D eigenvalue weighted by atomic mass is 16.3. The fourth-order valence-corrected chi connectivity index (χ4v) is 4.42. The molecule has 0 aliphatic carbocycles. The van der Waals surface area contributed by atoms with Gasteiger partial charge in [-0.2, -0.15) is 10.4 Å². The summed E-state index contributed by atoms with van der Waals surface area (Å²) in [6, 6.07) is 14.0. The van der Waals surface area contributed by atoms with Gasteiger partial charge in [0.2, 0.25) is 0 Å². The summed E-state index contributed by atoms with van der Waals surface area (Å²) in [5.74, 6) is -0.157. The predicted molar refractivity (Wildman–Crippen MR) is 108 cm³/mol. The molecule has 7 nitrogen and oxygen atoms in total. The van der Waals surface area contributed by atoms with Gasteiger partial charge in [0, 0.05) is 39.3 Å². The van der Waals surface area contributed by atoms with Crippen LogP contribution in [0.25, 0.3) is 0 Å². The van der Waals surface area contributed by atoms with Crippen molar-refractivity contribution < 1.29 is 9.90 Å². The molecule has 2 aliphatic rings. The molecule has 1 aromatic heterocycles. The number of likely N-dealkylation sites (tertiary alicyclic amines) is 1. The number of fused-ring (bicyclic) bond motifs is 1. The molecule has 1 amide bonds. The van der Waals surface area contributed by atoms with Gasteiger partial charge in [-0.3, -0.25) is 14.4 Å². The molecule has 2 aliphatic heterocycles. The summed E-state index contributed by atoms with van der Waals surface area (Å²) in [5, 5.41) is 24.6. The lowest BCUT2D eigenvalue weighted by Gasteiger charge is -2.40. The normalized spacial score (nSPS) is 22.8. The largest absolute Gasteiger partial charge is 0.379 e. The van der Waals surface area contributed by atoms with Crippen LogP contribution in [-0.4, -0.2) is 62.4 Å². The minimum atomic E-state index is -1.35. The van der Waals surface area contributed by atoms with Crippen molar-refractivity contribution in [2.24, 2.45) is 0 Å². The Morgan fingerprint density at radius 2 is 2.00 bits per heavy atom. The van der Waals surface area contributed by atoms with Gasteiger partial charge in [0.25, 0.3) is 5.91 Å². The molecule has 4 rings (SSSR count). The number of aromatic nitrogens is 2. The van der Waals surface area contributed by atoms with Crippen molar-refractivity contribution >= 4 is 5.91 Å². The topological polar surface area (TPSA) is 85.4 Å². The minimum absolute atomic E-state index is 0.157. The molecule has 1 saturated heterocycles. The van der Waals surface area contributed by atoms with Crippen molar-refractivity contribution in [3.63, 3.8) is 0 Å². The van der Waals surface area contributed by atoms with E-state index in [0.29, 0.717) is 38.3 Å². The number of carbonyl (C=O) groups excluding carboxylic acids is 1. The molecule has 1 atom stereocenters. The fourth-order valence-electron chi connectivity index (χ4n) is 4.42.